The fourth-order valence-electron chi connectivity index (χ4n) is 12.8. The molecule has 9 N–H and O–H groups in total. The number of nitrogens with one attached hydrogen (secondary N) is 1. The average molecular weight is 1310 g/mol. The fraction of sp³-hybridized carbons (Fsp3) is 0.885. The van der Waals surface area contributed by atoms with Gasteiger partial charge in [0.15, 0.2) is 12.6 Å². The van der Waals surface area contributed by atoms with Crippen LogP contribution in [-0.4, -0.2) is 140 Å². The van der Waals surface area contributed by atoms with Crippen LogP contribution in [0.25, 0.3) is 0 Å². The van der Waals surface area contributed by atoms with Gasteiger partial charge in [0.25, 0.3) is 0 Å². The summed E-state index contributed by atoms with van der Waals surface area (Å²) in [5.74, 6) is -0.243. The van der Waals surface area contributed by atoms with Crippen LogP contribution < -0.4 is 5.32 Å². The zero-order valence-electron chi connectivity index (χ0n) is 59.1. The molecule has 12 atom stereocenters. The van der Waals surface area contributed by atoms with E-state index in [-0.39, 0.29) is 18.9 Å². The maximum Gasteiger partial charge on any atom is 0.220 e. The predicted octanol–water partition coefficient (Wildman–Crippen LogP) is 17.0. The molecule has 0 bridgehead atoms. The second-order valence-electron chi connectivity index (χ2n) is 27.5. The first-order chi connectivity index (χ1) is 45.1. The van der Waals surface area contributed by atoms with Crippen LogP contribution in [0.5, 0.6) is 0 Å². The van der Waals surface area contributed by atoms with Crippen molar-refractivity contribution in [2.75, 3.05) is 19.8 Å². The van der Waals surface area contributed by atoms with Crippen molar-refractivity contribution in [3.63, 3.8) is 0 Å². The van der Waals surface area contributed by atoms with Gasteiger partial charge in [-0.05, 0) is 64.2 Å². The Morgan fingerprint density at radius 1 is 0.391 bits per heavy atom. The largest absolute Gasteiger partial charge is 0.394 e. The summed E-state index contributed by atoms with van der Waals surface area (Å²) in [4.78, 5) is 13.3. The molecule has 2 heterocycles. The number of carbonyl (C=O) groups excluding carboxylic acids is 1. The van der Waals surface area contributed by atoms with Gasteiger partial charge < -0.3 is 65.1 Å². The van der Waals surface area contributed by atoms with Crippen molar-refractivity contribution in [1.29, 1.82) is 0 Å². The van der Waals surface area contributed by atoms with E-state index in [1.54, 1.807) is 6.08 Å². The normalized spacial score (nSPS) is 22.9. The number of amides is 1. The SMILES string of the molecule is CCCCCCC/C=C\C/C=C\CCCCCCCCCCCCCCCCCCCCCCCCCCCCCCCC(=O)NC(COC1OC(CO)C(OC2OC(CO)C(O)C(O)C2O)C(O)C1O)C(O)/C=C/CC/C=C/CCCCCCCCCCCCC. The van der Waals surface area contributed by atoms with Crippen molar-refractivity contribution in [3.05, 3.63) is 48.6 Å². The van der Waals surface area contributed by atoms with Crippen LogP contribution >= 0.6 is 0 Å². The Kier molecular flexibility index (Phi) is 58.4. The third-order valence-corrected chi connectivity index (χ3v) is 19.0. The summed E-state index contributed by atoms with van der Waals surface area (Å²) in [6, 6.07) is -0.931. The zero-order valence-corrected chi connectivity index (χ0v) is 59.1. The molecule has 2 aliphatic rings. The molecule has 540 valence electrons. The summed E-state index contributed by atoms with van der Waals surface area (Å²) in [5, 5.41) is 87.4. The first-order valence-electron chi connectivity index (χ1n) is 38.9. The molecule has 2 rings (SSSR count). The molecule has 2 aliphatic heterocycles. The second-order valence-corrected chi connectivity index (χ2v) is 27.5. The quantitative estimate of drug-likeness (QED) is 0.0204. The van der Waals surface area contributed by atoms with E-state index in [9.17, 15) is 45.6 Å². The van der Waals surface area contributed by atoms with Gasteiger partial charge in [0, 0.05) is 6.42 Å². The summed E-state index contributed by atoms with van der Waals surface area (Å²) in [6.45, 7) is 2.81. The summed E-state index contributed by atoms with van der Waals surface area (Å²) >= 11 is 0. The third-order valence-electron chi connectivity index (χ3n) is 19.0. The van der Waals surface area contributed by atoms with Crippen molar-refractivity contribution in [3.8, 4) is 0 Å². The first-order valence-corrected chi connectivity index (χ1v) is 38.9. The van der Waals surface area contributed by atoms with Gasteiger partial charge in [-0.3, -0.25) is 4.79 Å². The first kappa shape index (κ1) is 86.0. The Bertz CT molecular complexity index is 1730. The van der Waals surface area contributed by atoms with Crippen LogP contribution in [0.2, 0.25) is 0 Å². The Morgan fingerprint density at radius 3 is 1.13 bits per heavy atom. The monoisotopic (exact) mass is 1300 g/mol. The summed E-state index contributed by atoms with van der Waals surface area (Å²) in [6.07, 6.45) is 66.4. The number of allylic oxidation sites excluding steroid dienone is 7. The number of rotatable bonds is 65. The lowest BCUT2D eigenvalue weighted by Crippen LogP contribution is -2.65. The lowest BCUT2D eigenvalue weighted by Gasteiger charge is -2.46. The highest BCUT2D eigenvalue weighted by molar-refractivity contribution is 5.76. The number of ether oxygens (including phenoxy) is 4. The van der Waals surface area contributed by atoms with Crippen molar-refractivity contribution in [2.24, 2.45) is 0 Å². The van der Waals surface area contributed by atoms with E-state index in [2.05, 4.69) is 55.6 Å². The molecule has 14 nitrogen and oxygen atoms in total. The molecule has 0 aromatic heterocycles. The van der Waals surface area contributed by atoms with E-state index < -0.39 is 86.8 Å². The van der Waals surface area contributed by atoms with Crippen molar-refractivity contribution < 1.29 is 64.6 Å². The van der Waals surface area contributed by atoms with E-state index in [0.29, 0.717) is 12.8 Å². The van der Waals surface area contributed by atoms with Crippen LogP contribution in [0.3, 0.4) is 0 Å². The van der Waals surface area contributed by atoms with Crippen LogP contribution in [0.4, 0.5) is 0 Å². The fourth-order valence-corrected chi connectivity index (χ4v) is 12.8. The Hall–Kier alpha value is -2.05. The molecule has 2 saturated heterocycles. The van der Waals surface area contributed by atoms with Crippen LogP contribution in [0.15, 0.2) is 48.6 Å². The molecule has 0 aromatic rings. The number of unbranched alkanes of at least 4 members (excludes halogenated alkanes) is 46. The molecular weight excluding hydrogens is 1160 g/mol. The molecule has 2 fully saturated rings. The Labute approximate surface area is 563 Å². The lowest BCUT2D eigenvalue weighted by molar-refractivity contribution is -0.359. The average Bonchev–Trinajstić information content (AvgIpc) is 0.856. The molecule has 12 unspecified atom stereocenters. The lowest BCUT2D eigenvalue weighted by atomic mass is 9.97. The van der Waals surface area contributed by atoms with Crippen LogP contribution in [-0.2, 0) is 23.7 Å². The molecule has 1 amide bonds. The summed E-state index contributed by atoms with van der Waals surface area (Å²) < 4.78 is 22.8. The maximum atomic E-state index is 13.3. The van der Waals surface area contributed by atoms with E-state index in [1.165, 1.54) is 276 Å². The van der Waals surface area contributed by atoms with Gasteiger partial charge in [0.2, 0.25) is 5.91 Å². The van der Waals surface area contributed by atoms with Crippen LogP contribution in [0.1, 0.15) is 348 Å². The Balaban J connectivity index is 1.55. The summed E-state index contributed by atoms with van der Waals surface area (Å²) in [5.41, 5.74) is 0. The number of aliphatic hydroxyl groups excluding tert-OH is 8. The third kappa shape index (κ3) is 45.5. The molecular formula is C78H145NO13. The van der Waals surface area contributed by atoms with Gasteiger partial charge in [-0.15, -0.1) is 0 Å². The minimum Gasteiger partial charge on any atom is -0.394 e. The van der Waals surface area contributed by atoms with Crippen LogP contribution in [0, 0.1) is 0 Å². The highest BCUT2D eigenvalue weighted by atomic mass is 16.7. The van der Waals surface area contributed by atoms with E-state index in [1.807, 2.05) is 6.08 Å². The van der Waals surface area contributed by atoms with Gasteiger partial charge in [-0.1, -0.05) is 326 Å². The van der Waals surface area contributed by atoms with E-state index in [4.69, 9.17) is 18.9 Å². The topological polar surface area (TPSA) is 228 Å². The number of hydrogen-bond donors (Lipinski definition) is 9. The maximum absolute atomic E-state index is 13.3. The number of aliphatic hydroxyl groups is 8. The number of hydrogen-bond acceptors (Lipinski definition) is 13. The Morgan fingerprint density at radius 2 is 0.728 bits per heavy atom. The molecule has 0 radical (unpaired) electrons. The minimum atomic E-state index is -1.79. The smallest absolute Gasteiger partial charge is 0.220 e. The molecule has 0 saturated carbocycles. The second kappa shape index (κ2) is 62.5. The summed E-state index contributed by atoms with van der Waals surface area (Å²) in [7, 11) is 0. The van der Waals surface area contributed by atoms with Gasteiger partial charge in [0.05, 0.1) is 32.0 Å². The highest BCUT2D eigenvalue weighted by Gasteiger charge is 2.51. The zero-order chi connectivity index (χ0) is 66.6. The van der Waals surface area contributed by atoms with Gasteiger partial charge in [-0.25, -0.2) is 0 Å². The molecule has 0 aromatic carbocycles. The minimum absolute atomic E-state index is 0.243. The molecule has 0 aliphatic carbocycles. The molecule has 0 spiro atoms. The number of carbonyl (C=O) groups is 1. The van der Waals surface area contributed by atoms with Gasteiger partial charge >= 0.3 is 0 Å². The van der Waals surface area contributed by atoms with Gasteiger partial charge in [0.1, 0.15) is 48.8 Å². The van der Waals surface area contributed by atoms with Gasteiger partial charge in [-0.2, -0.15) is 0 Å². The van der Waals surface area contributed by atoms with Crippen molar-refractivity contribution in [2.45, 2.75) is 421 Å². The highest BCUT2D eigenvalue weighted by Crippen LogP contribution is 2.30. The standard InChI is InChI=1S/C78H145NO13/c1-3-5-7-9-11-13-15-17-19-21-22-23-24-25-26-27-28-29-30-31-32-33-34-35-36-37-38-39-40-41-42-43-44-46-48-50-52-54-56-58-60-62-70(83)79-66(67(82)61-59-57-55-53-51-49-47-45-20-18-16-14-12-10-8-6-4-2)65-89-77-75(88)73(86)76(69(64-81)91-77)92-78-74(87)72(85)71(84)68(63-80)90-78/h15,17,21-22,51,53,59,61,66-69,71-78,80-82,84-88H,3-14,16,18-20,23-50,52,54-58,60,62-65H2,1-2H3,(H,79,83)/b17-15-,22-21-,53-51+,61-59+. The molecule has 14 heteroatoms. The predicted molar refractivity (Wildman–Crippen MR) is 378 cm³/mol. The van der Waals surface area contributed by atoms with E-state index >= 15 is 0 Å². The molecule has 92 heavy (non-hydrogen) atoms. The van der Waals surface area contributed by atoms with Crippen molar-refractivity contribution >= 4 is 5.91 Å². The van der Waals surface area contributed by atoms with E-state index in [0.717, 1.165) is 38.5 Å². The van der Waals surface area contributed by atoms with Crippen molar-refractivity contribution in [1.82, 2.24) is 5.32 Å².